The van der Waals surface area contributed by atoms with E-state index in [9.17, 15) is 13.2 Å². The number of ether oxygens (including phenoxy) is 2. The Hall–Kier alpha value is -2.74. The molecule has 0 saturated heterocycles. The number of hydrogen-bond acceptors (Lipinski definition) is 5. The van der Waals surface area contributed by atoms with Gasteiger partial charge in [-0.25, -0.2) is 8.42 Å². The Bertz CT molecular complexity index is 881. The number of anilines is 1. The molecule has 2 aromatic rings. The van der Waals surface area contributed by atoms with E-state index < -0.39 is 15.9 Å². The smallest absolute Gasteiger partial charge is 0.241 e. The number of para-hydroxylation sites is 2. The normalized spacial score (nSPS) is 12.1. The maximum absolute atomic E-state index is 12.5. The standard InChI is InChI=1S/C19H24N2O5S/c1-14(15-9-11-16(25-2)12-10-15)20-19(22)13-21(27(4,23)24)17-7-5-6-8-18(17)26-3/h5-12,14H,13H2,1-4H3,(H,20,22)/t14-/m1/s1. The zero-order valence-corrected chi connectivity index (χ0v) is 16.6. The first-order valence-corrected chi connectivity index (χ1v) is 10.1. The van der Waals surface area contributed by atoms with Crippen LogP contribution in [0.5, 0.6) is 11.5 Å². The average molecular weight is 392 g/mol. The molecule has 0 spiro atoms. The van der Waals surface area contributed by atoms with Crippen molar-refractivity contribution in [3.05, 3.63) is 54.1 Å². The van der Waals surface area contributed by atoms with E-state index >= 15 is 0 Å². The van der Waals surface area contributed by atoms with Crippen molar-refractivity contribution in [2.24, 2.45) is 0 Å². The number of methoxy groups -OCH3 is 2. The number of sulfonamides is 1. The number of benzene rings is 2. The molecule has 8 heteroatoms. The summed E-state index contributed by atoms with van der Waals surface area (Å²) in [7, 11) is -0.648. The number of nitrogens with one attached hydrogen (secondary N) is 1. The quantitative estimate of drug-likeness (QED) is 0.745. The SMILES string of the molecule is COc1ccc([C@@H](C)NC(=O)CN(c2ccccc2OC)S(C)(=O)=O)cc1. The van der Waals surface area contributed by atoms with Gasteiger partial charge >= 0.3 is 0 Å². The minimum Gasteiger partial charge on any atom is -0.497 e. The second kappa shape index (κ2) is 8.77. The van der Waals surface area contributed by atoms with E-state index in [0.717, 1.165) is 21.9 Å². The summed E-state index contributed by atoms with van der Waals surface area (Å²) in [4.78, 5) is 12.5. The number of carbonyl (C=O) groups excluding carboxylic acids is 1. The first kappa shape index (κ1) is 20.6. The Balaban J connectivity index is 2.16. The van der Waals surface area contributed by atoms with Crippen molar-refractivity contribution in [3.63, 3.8) is 0 Å². The topological polar surface area (TPSA) is 84.9 Å². The first-order chi connectivity index (χ1) is 12.8. The van der Waals surface area contributed by atoms with E-state index in [2.05, 4.69) is 5.32 Å². The van der Waals surface area contributed by atoms with Gasteiger partial charge in [0.15, 0.2) is 0 Å². The van der Waals surface area contributed by atoms with Crippen molar-refractivity contribution >= 4 is 21.6 Å². The molecule has 2 rings (SSSR count). The van der Waals surface area contributed by atoms with Crippen LogP contribution >= 0.6 is 0 Å². The highest BCUT2D eigenvalue weighted by molar-refractivity contribution is 7.92. The predicted molar refractivity (Wildman–Crippen MR) is 105 cm³/mol. The predicted octanol–water partition coefficient (Wildman–Crippen LogP) is 2.35. The summed E-state index contributed by atoms with van der Waals surface area (Å²) in [5.74, 6) is 0.672. The van der Waals surface area contributed by atoms with Gasteiger partial charge in [0.25, 0.3) is 0 Å². The molecule has 0 heterocycles. The van der Waals surface area contributed by atoms with Crippen molar-refractivity contribution in [1.82, 2.24) is 5.32 Å². The Labute approximate surface area is 160 Å². The van der Waals surface area contributed by atoms with Crippen LogP contribution in [0, 0.1) is 0 Å². The fourth-order valence-corrected chi connectivity index (χ4v) is 3.47. The van der Waals surface area contributed by atoms with Crippen LogP contribution < -0.4 is 19.1 Å². The van der Waals surface area contributed by atoms with Crippen LogP contribution in [0.4, 0.5) is 5.69 Å². The number of rotatable bonds is 8. The van der Waals surface area contributed by atoms with Crippen molar-refractivity contribution < 1.29 is 22.7 Å². The third-order valence-corrected chi connectivity index (χ3v) is 5.16. The molecule has 0 fully saturated rings. The summed E-state index contributed by atoms with van der Waals surface area (Å²) < 4.78 is 35.9. The molecule has 7 nitrogen and oxygen atoms in total. The lowest BCUT2D eigenvalue weighted by atomic mass is 10.1. The first-order valence-electron chi connectivity index (χ1n) is 8.30. The number of carbonyl (C=O) groups is 1. The summed E-state index contributed by atoms with van der Waals surface area (Å²) in [5.41, 5.74) is 1.20. The van der Waals surface area contributed by atoms with E-state index in [4.69, 9.17) is 9.47 Å². The molecule has 0 bridgehead atoms. The minimum absolute atomic E-state index is 0.289. The van der Waals surface area contributed by atoms with Gasteiger partial charge in [-0.2, -0.15) is 0 Å². The average Bonchev–Trinajstić information content (AvgIpc) is 2.65. The van der Waals surface area contributed by atoms with Crippen LogP contribution in [-0.4, -0.2) is 41.3 Å². The molecule has 0 aromatic heterocycles. The van der Waals surface area contributed by atoms with Crippen LogP contribution in [0.25, 0.3) is 0 Å². The van der Waals surface area contributed by atoms with Crippen molar-refractivity contribution in [3.8, 4) is 11.5 Å². The van der Waals surface area contributed by atoms with Gasteiger partial charge in [-0.3, -0.25) is 9.10 Å². The summed E-state index contributed by atoms with van der Waals surface area (Å²) in [6.45, 7) is 1.48. The van der Waals surface area contributed by atoms with E-state index in [-0.39, 0.29) is 12.6 Å². The minimum atomic E-state index is -3.68. The Morgan fingerprint density at radius 2 is 1.70 bits per heavy atom. The lowest BCUT2D eigenvalue weighted by Crippen LogP contribution is -2.41. The number of hydrogen-bond donors (Lipinski definition) is 1. The third-order valence-electron chi connectivity index (χ3n) is 4.03. The van der Waals surface area contributed by atoms with Gasteiger partial charge in [0, 0.05) is 0 Å². The monoisotopic (exact) mass is 392 g/mol. The molecule has 0 aliphatic heterocycles. The van der Waals surface area contributed by atoms with Gasteiger partial charge in [0.05, 0.1) is 32.2 Å². The summed E-state index contributed by atoms with van der Waals surface area (Å²) in [6.07, 6.45) is 1.06. The Morgan fingerprint density at radius 1 is 1.07 bits per heavy atom. The molecule has 1 amide bonds. The molecule has 146 valence electrons. The molecule has 1 N–H and O–H groups in total. The van der Waals surface area contributed by atoms with Crippen molar-refractivity contribution in [2.45, 2.75) is 13.0 Å². The Morgan fingerprint density at radius 3 is 2.26 bits per heavy atom. The van der Waals surface area contributed by atoms with Crippen LogP contribution in [0.15, 0.2) is 48.5 Å². The van der Waals surface area contributed by atoms with Crippen LogP contribution in [0.2, 0.25) is 0 Å². The highest BCUT2D eigenvalue weighted by atomic mass is 32.2. The van der Waals surface area contributed by atoms with Gasteiger partial charge in [0.2, 0.25) is 15.9 Å². The summed E-state index contributed by atoms with van der Waals surface area (Å²) in [6, 6.07) is 13.7. The molecular weight excluding hydrogens is 368 g/mol. The highest BCUT2D eigenvalue weighted by Gasteiger charge is 2.24. The van der Waals surface area contributed by atoms with Crippen LogP contribution in [-0.2, 0) is 14.8 Å². The second-order valence-electron chi connectivity index (χ2n) is 6.00. The molecule has 1 atom stereocenters. The van der Waals surface area contributed by atoms with Crippen LogP contribution in [0.3, 0.4) is 0 Å². The molecule has 0 saturated carbocycles. The Kier molecular flexibility index (Phi) is 6.68. The van der Waals surface area contributed by atoms with E-state index in [0.29, 0.717) is 11.4 Å². The molecule has 27 heavy (non-hydrogen) atoms. The fraction of sp³-hybridized carbons (Fsp3) is 0.316. The molecule has 2 aromatic carbocycles. The second-order valence-corrected chi connectivity index (χ2v) is 7.91. The zero-order chi connectivity index (χ0) is 20.0. The maximum atomic E-state index is 12.5. The van der Waals surface area contributed by atoms with Gasteiger partial charge in [0.1, 0.15) is 18.0 Å². The molecule has 0 aliphatic carbocycles. The van der Waals surface area contributed by atoms with Crippen molar-refractivity contribution in [2.75, 3.05) is 31.3 Å². The lowest BCUT2D eigenvalue weighted by Gasteiger charge is -2.24. The highest BCUT2D eigenvalue weighted by Crippen LogP contribution is 2.29. The largest absolute Gasteiger partial charge is 0.497 e. The molecule has 0 radical (unpaired) electrons. The van der Waals surface area contributed by atoms with Gasteiger partial charge < -0.3 is 14.8 Å². The van der Waals surface area contributed by atoms with Gasteiger partial charge in [-0.1, -0.05) is 24.3 Å². The van der Waals surface area contributed by atoms with E-state index in [1.54, 1.807) is 43.5 Å². The van der Waals surface area contributed by atoms with E-state index in [1.807, 2.05) is 19.1 Å². The lowest BCUT2D eigenvalue weighted by molar-refractivity contribution is -0.120. The fourth-order valence-electron chi connectivity index (χ4n) is 2.61. The molecular formula is C19H24N2O5S. The van der Waals surface area contributed by atoms with Crippen molar-refractivity contribution in [1.29, 1.82) is 0 Å². The van der Waals surface area contributed by atoms with Crippen LogP contribution in [0.1, 0.15) is 18.5 Å². The number of nitrogens with zero attached hydrogens (tertiary/aromatic N) is 1. The molecule has 0 aliphatic rings. The molecule has 0 unspecified atom stereocenters. The summed E-state index contributed by atoms with van der Waals surface area (Å²) in [5, 5.41) is 2.82. The maximum Gasteiger partial charge on any atom is 0.241 e. The van der Waals surface area contributed by atoms with Gasteiger partial charge in [-0.05, 0) is 36.8 Å². The van der Waals surface area contributed by atoms with Gasteiger partial charge in [-0.15, -0.1) is 0 Å². The third kappa shape index (κ3) is 5.37. The summed E-state index contributed by atoms with van der Waals surface area (Å²) >= 11 is 0. The zero-order valence-electron chi connectivity index (χ0n) is 15.8. The van der Waals surface area contributed by atoms with E-state index in [1.165, 1.54) is 7.11 Å². The number of amides is 1.